The summed E-state index contributed by atoms with van der Waals surface area (Å²) in [5.41, 5.74) is 2.09. The van der Waals surface area contributed by atoms with E-state index in [4.69, 9.17) is 0 Å². The van der Waals surface area contributed by atoms with Crippen molar-refractivity contribution < 1.29 is 13.9 Å². The molecule has 2 aromatic carbocycles. The third kappa shape index (κ3) is 3.24. The van der Waals surface area contributed by atoms with E-state index in [-0.39, 0.29) is 5.56 Å². The first-order valence-electron chi connectivity index (χ1n) is 8.37. The Kier molecular flexibility index (Phi) is 4.65. The highest BCUT2D eigenvalue weighted by atomic mass is 19.2. The monoisotopic (exact) mass is 316 g/mol. The van der Waals surface area contributed by atoms with Crippen LogP contribution in [0.1, 0.15) is 50.5 Å². The minimum atomic E-state index is -1.19. The van der Waals surface area contributed by atoms with E-state index in [1.54, 1.807) is 0 Å². The standard InChI is InChI=1S/C20H22F2O/c1-2-13-3-5-14(6-4-13)15-7-9-16(10-8-15)17-11-12-18(23)20(22)19(17)21/h7-14,23H,2-6H2,1H3. The summed E-state index contributed by atoms with van der Waals surface area (Å²) in [6, 6.07) is 10.3. The molecule has 1 aliphatic rings. The molecule has 2 aromatic rings. The normalized spacial score (nSPS) is 21.3. The second-order valence-corrected chi connectivity index (χ2v) is 6.51. The lowest BCUT2D eigenvalue weighted by Crippen LogP contribution is -2.12. The lowest BCUT2D eigenvalue weighted by Gasteiger charge is -2.28. The van der Waals surface area contributed by atoms with Gasteiger partial charge in [0.25, 0.3) is 0 Å². The molecule has 1 N–H and O–H groups in total. The van der Waals surface area contributed by atoms with Crippen molar-refractivity contribution in [2.75, 3.05) is 0 Å². The van der Waals surface area contributed by atoms with Gasteiger partial charge in [-0.15, -0.1) is 0 Å². The molecule has 1 saturated carbocycles. The van der Waals surface area contributed by atoms with Crippen molar-refractivity contribution in [3.8, 4) is 16.9 Å². The number of hydrogen-bond donors (Lipinski definition) is 1. The summed E-state index contributed by atoms with van der Waals surface area (Å²) in [5, 5.41) is 9.21. The van der Waals surface area contributed by atoms with Gasteiger partial charge in [-0.3, -0.25) is 0 Å². The Balaban J connectivity index is 1.79. The minimum Gasteiger partial charge on any atom is -0.505 e. The van der Waals surface area contributed by atoms with E-state index in [9.17, 15) is 13.9 Å². The first kappa shape index (κ1) is 16.0. The number of hydrogen-bond acceptors (Lipinski definition) is 1. The second kappa shape index (κ2) is 6.69. The number of phenolic OH excluding ortho intramolecular Hbond substituents is 1. The second-order valence-electron chi connectivity index (χ2n) is 6.51. The van der Waals surface area contributed by atoms with E-state index >= 15 is 0 Å². The summed E-state index contributed by atoms with van der Waals surface area (Å²) in [4.78, 5) is 0. The van der Waals surface area contributed by atoms with E-state index in [1.165, 1.54) is 49.8 Å². The molecule has 0 spiro atoms. The summed E-state index contributed by atoms with van der Waals surface area (Å²) in [6.07, 6.45) is 6.24. The number of aromatic hydroxyl groups is 1. The molecule has 1 fully saturated rings. The Morgan fingerprint density at radius 1 is 0.913 bits per heavy atom. The molecule has 0 radical (unpaired) electrons. The Bertz CT molecular complexity index is 671. The molecule has 3 rings (SSSR count). The fourth-order valence-corrected chi connectivity index (χ4v) is 3.60. The lowest BCUT2D eigenvalue weighted by atomic mass is 9.77. The molecule has 3 heteroatoms. The highest BCUT2D eigenvalue weighted by Gasteiger charge is 2.21. The number of rotatable bonds is 3. The van der Waals surface area contributed by atoms with Crippen LogP contribution in [0.25, 0.3) is 11.1 Å². The van der Waals surface area contributed by atoms with Crippen molar-refractivity contribution in [2.45, 2.75) is 44.9 Å². The summed E-state index contributed by atoms with van der Waals surface area (Å²) in [5.74, 6) is -1.41. The first-order valence-corrected chi connectivity index (χ1v) is 8.37. The van der Waals surface area contributed by atoms with Gasteiger partial charge in [0.1, 0.15) is 0 Å². The van der Waals surface area contributed by atoms with Gasteiger partial charge < -0.3 is 5.11 Å². The molecule has 0 heterocycles. The average molecular weight is 316 g/mol. The smallest absolute Gasteiger partial charge is 0.200 e. The van der Waals surface area contributed by atoms with Crippen molar-refractivity contribution in [2.24, 2.45) is 5.92 Å². The van der Waals surface area contributed by atoms with Gasteiger partial charge in [-0.05, 0) is 60.8 Å². The van der Waals surface area contributed by atoms with Crippen LogP contribution in [-0.2, 0) is 0 Å². The molecular weight excluding hydrogens is 294 g/mol. The van der Waals surface area contributed by atoms with Gasteiger partial charge in [-0.2, -0.15) is 4.39 Å². The Morgan fingerprint density at radius 3 is 2.17 bits per heavy atom. The van der Waals surface area contributed by atoms with Gasteiger partial charge >= 0.3 is 0 Å². The summed E-state index contributed by atoms with van der Waals surface area (Å²) in [7, 11) is 0. The molecular formula is C20H22F2O. The fourth-order valence-electron chi connectivity index (χ4n) is 3.60. The van der Waals surface area contributed by atoms with Crippen molar-refractivity contribution in [3.63, 3.8) is 0 Å². The topological polar surface area (TPSA) is 20.2 Å². The van der Waals surface area contributed by atoms with Crippen LogP contribution in [0.3, 0.4) is 0 Å². The molecule has 1 aliphatic carbocycles. The zero-order chi connectivity index (χ0) is 16.4. The number of phenols is 1. The van der Waals surface area contributed by atoms with E-state index in [0.717, 1.165) is 5.92 Å². The van der Waals surface area contributed by atoms with Crippen LogP contribution in [0.15, 0.2) is 36.4 Å². The largest absolute Gasteiger partial charge is 0.505 e. The molecule has 0 unspecified atom stereocenters. The lowest BCUT2D eigenvalue weighted by molar-refractivity contribution is 0.319. The van der Waals surface area contributed by atoms with Crippen molar-refractivity contribution >= 4 is 0 Å². The van der Waals surface area contributed by atoms with Crippen LogP contribution in [0.2, 0.25) is 0 Å². The summed E-state index contributed by atoms with van der Waals surface area (Å²) < 4.78 is 27.4. The average Bonchev–Trinajstić information content (AvgIpc) is 2.60. The van der Waals surface area contributed by atoms with Gasteiger partial charge in [0, 0.05) is 5.56 Å². The zero-order valence-electron chi connectivity index (χ0n) is 13.4. The molecule has 122 valence electrons. The van der Waals surface area contributed by atoms with Crippen LogP contribution in [0.5, 0.6) is 5.75 Å². The molecule has 0 amide bonds. The highest BCUT2D eigenvalue weighted by molar-refractivity contribution is 5.65. The highest BCUT2D eigenvalue weighted by Crippen LogP contribution is 2.38. The molecule has 23 heavy (non-hydrogen) atoms. The quantitative estimate of drug-likeness (QED) is 0.734. The van der Waals surface area contributed by atoms with E-state index in [1.807, 2.05) is 24.3 Å². The maximum Gasteiger partial charge on any atom is 0.200 e. The Labute approximate surface area is 136 Å². The van der Waals surface area contributed by atoms with Gasteiger partial charge in [-0.25, -0.2) is 4.39 Å². The van der Waals surface area contributed by atoms with E-state index in [0.29, 0.717) is 11.5 Å². The van der Waals surface area contributed by atoms with Gasteiger partial charge in [-0.1, -0.05) is 37.6 Å². The summed E-state index contributed by atoms with van der Waals surface area (Å²) >= 11 is 0. The predicted octanol–water partition coefficient (Wildman–Crippen LogP) is 6.02. The molecule has 0 aromatic heterocycles. The zero-order valence-corrected chi connectivity index (χ0v) is 13.4. The van der Waals surface area contributed by atoms with Crippen LogP contribution >= 0.6 is 0 Å². The van der Waals surface area contributed by atoms with Crippen molar-refractivity contribution in [3.05, 3.63) is 53.6 Å². The molecule has 0 saturated heterocycles. The Hall–Kier alpha value is -1.90. The third-order valence-corrected chi connectivity index (χ3v) is 5.18. The third-order valence-electron chi connectivity index (χ3n) is 5.18. The van der Waals surface area contributed by atoms with Crippen LogP contribution in [0, 0.1) is 17.6 Å². The fraction of sp³-hybridized carbons (Fsp3) is 0.400. The van der Waals surface area contributed by atoms with E-state index in [2.05, 4.69) is 6.92 Å². The van der Waals surface area contributed by atoms with Crippen LogP contribution < -0.4 is 0 Å². The maximum atomic E-state index is 14.0. The maximum absolute atomic E-state index is 14.0. The Morgan fingerprint density at radius 2 is 1.57 bits per heavy atom. The molecule has 0 aliphatic heterocycles. The predicted molar refractivity (Wildman–Crippen MR) is 88.4 cm³/mol. The minimum absolute atomic E-state index is 0.182. The molecule has 0 bridgehead atoms. The van der Waals surface area contributed by atoms with E-state index < -0.39 is 17.4 Å². The number of halogens is 2. The first-order chi connectivity index (χ1) is 11.1. The van der Waals surface area contributed by atoms with Crippen molar-refractivity contribution in [1.82, 2.24) is 0 Å². The van der Waals surface area contributed by atoms with Crippen LogP contribution in [-0.4, -0.2) is 5.11 Å². The van der Waals surface area contributed by atoms with Gasteiger partial charge in [0.05, 0.1) is 0 Å². The molecule has 0 atom stereocenters. The SMILES string of the molecule is CCC1CCC(c2ccc(-c3ccc(O)c(F)c3F)cc2)CC1. The van der Waals surface area contributed by atoms with Gasteiger partial charge in [0.15, 0.2) is 11.6 Å². The number of benzene rings is 2. The summed E-state index contributed by atoms with van der Waals surface area (Å²) in [6.45, 7) is 2.26. The molecule has 1 nitrogen and oxygen atoms in total. The van der Waals surface area contributed by atoms with Crippen LogP contribution in [0.4, 0.5) is 8.78 Å². The van der Waals surface area contributed by atoms with Gasteiger partial charge in [0.2, 0.25) is 5.82 Å². The van der Waals surface area contributed by atoms with Crippen molar-refractivity contribution in [1.29, 1.82) is 0 Å².